The largest absolute Gasteiger partial charge is 0.478 e. The fraction of sp³-hybridized carbons (Fsp3) is 1.00. The highest BCUT2D eigenvalue weighted by Crippen LogP contribution is 2.20. The first-order chi connectivity index (χ1) is 7.65. The van der Waals surface area contributed by atoms with E-state index < -0.39 is 0 Å². The van der Waals surface area contributed by atoms with Gasteiger partial charge in [0.1, 0.15) is 0 Å². The zero-order valence-electron chi connectivity index (χ0n) is 9.12. The first-order valence-corrected chi connectivity index (χ1v) is 7.21. The normalized spacial score (nSPS) is 22.0. The summed E-state index contributed by atoms with van der Waals surface area (Å²) in [4.78, 5) is 2.32. The molecule has 1 fully saturated rings. The summed E-state index contributed by atoms with van der Waals surface area (Å²) in [6, 6.07) is 0.258. The first kappa shape index (κ1) is 14.7. The summed E-state index contributed by atoms with van der Waals surface area (Å²) in [5.74, 6) is 0. The molecule has 94 valence electrons. The van der Waals surface area contributed by atoms with Crippen LogP contribution in [-0.4, -0.2) is 47.2 Å². The van der Waals surface area contributed by atoms with Crippen LogP contribution in [0.25, 0.3) is 0 Å². The maximum Gasteiger partial charge on any atom is 0.478 e. The van der Waals surface area contributed by atoms with Crippen molar-refractivity contribution in [3.8, 4) is 0 Å². The van der Waals surface area contributed by atoms with E-state index in [4.69, 9.17) is 10.5 Å². The second-order valence-corrected chi connectivity index (χ2v) is 6.16. The molecular weight excluding hydrogens is 264 g/mol. The molecular formula is C9H19N2O2S3+. The lowest BCUT2D eigenvalue weighted by Gasteiger charge is -2.36. The molecule has 1 aliphatic heterocycles. The van der Waals surface area contributed by atoms with Gasteiger partial charge in [0.15, 0.2) is 0 Å². The fourth-order valence-corrected chi connectivity index (χ4v) is 2.72. The number of rotatable bonds is 6. The molecule has 0 aliphatic carbocycles. The Kier molecular flexibility index (Phi) is 7.18. The van der Waals surface area contributed by atoms with Gasteiger partial charge in [0.05, 0.1) is 17.8 Å². The Hall–Kier alpha value is 0.600. The predicted molar refractivity (Wildman–Crippen MR) is 73.2 cm³/mol. The first-order valence-electron chi connectivity index (χ1n) is 5.37. The molecule has 1 saturated heterocycles. The van der Waals surface area contributed by atoms with Gasteiger partial charge in [0, 0.05) is 29.8 Å². The number of hydrogen-bond acceptors (Lipinski definition) is 6. The van der Waals surface area contributed by atoms with Crippen molar-refractivity contribution in [2.24, 2.45) is 5.73 Å². The van der Waals surface area contributed by atoms with Crippen LogP contribution in [0.1, 0.15) is 12.8 Å². The van der Waals surface area contributed by atoms with Crippen LogP contribution >= 0.6 is 25.3 Å². The van der Waals surface area contributed by atoms with Crippen molar-refractivity contribution in [2.75, 3.05) is 26.3 Å². The summed E-state index contributed by atoms with van der Waals surface area (Å²) in [7, 11) is 0. The van der Waals surface area contributed by atoms with Crippen molar-refractivity contribution in [2.45, 2.75) is 28.8 Å². The van der Waals surface area contributed by atoms with Crippen LogP contribution in [-0.2, 0) is 20.6 Å². The molecule has 0 aromatic rings. The standard InChI is InChI=1S/C9H18N2O2S3/c10-8(16-12)2-1-7(9(14)15)11-3-5-13-6-4-11/h7-9H,1-6,10H2,(H-,14,15)/p+1. The van der Waals surface area contributed by atoms with Crippen molar-refractivity contribution in [3.63, 3.8) is 0 Å². The average molecular weight is 283 g/mol. The minimum absolute atomic E-state index is 0.0121. The van der Waals surface area contributed by atoms with Crippen LogP contribution in [0.2, 0.25) is 0 Å². The van der Waals surface area contributed by atoms with Crippen LogP contribution in [0.15, 0.2) is 0 Å². The zero-order valence-corrected chi connectivity index (χ0v) is 11.7. The minimum Gasteiger partial charge on any atom is -0.379 e. The lowest BCUT2D eigenvalue weighted by molar-refractivity contribution is 0.0179. The maximum atomic E-state index is 10.5. The molecule has 2 unspecified atom stereocenters. The van der Waals surface area contributed by atoms with Crippen LogP contribution in [0.4, 0.5) is 0 Å². The van der Waals surface area contributed by atoms with Crippen LogP contribution < -0.4 is 5.73 Å². The predicted octanol–water partition coefficient (Wildman–Crippen LogP) is 0.366. The van der Waals surface area contributed by atoms with Gasteiger partial charge in [0.2, 0.25) is 0 Å². The lowest BCUT2D eigenvalue weighted by atomic mass is 10.1. The highest BCUT2D eigenvalue weighted by molar-refractivity contribution is 7.99. The third-order valence-corrected chi connectivity index (χ3v) is 3.90. The Morgan fingerprint density at radius 3 is 2.44 bits per heavy atom. The van der Waals surface area contributed by atoms with Gasteiger partial charge in [0.25, 0.3) is 5.37 Å². The van der Waals surface area contributed by atoms with Gasteiger partial charge in [-0.1, -0.05) is 0 Å². The van der Waals surface area contributed by atoms with E-state index in [-0.39, 0.29) is 16.0 Å². The fourth-order valence-electron chi connectivity index (χ4n) is 1.81. The topological polar surface area (TPSA) is 55.6 Å². The highest BCUT2D eigenvalue weighted by Gasteiger charge is 2.27. The molecule has 2 N–H and O–H groups in total. The van der Waals surface area contributed by atoms with Crippen molar-refractivity contribution in [3.05, 3.63) is 0 Å². The second kappa shape index (κ2) is 7.84. The van der Waals surface area contributed by atoms with Crippen molar-refractivity contribution in [1.29, 1.82) is 0 Å². The van der Waals surface area contributed by atoms with E-state index in [2.05, 4.69) is 30.2 Å². The zero-order chi connectivity index (χ0) is 12.0. The number of hydrogen-bond donors (Lipinski definition) is 3. The molecule has 1 heterocycles. The Labute approximate surface area is 112 Å². The molecule has 16 heavy (non-hydrogen) atoms. The molecule has 0 aromatic carbocycles. The molecule has 1 aliphatic rings. The summed E-state index contributed by atoms with van der Waals surface area (Å²) in [5.41, 5.74) is 5.61. The van der Waals surface area contributed by atoms with E-state index in [9.17, 15) is 4.21 Å². The summed E-state index contributed by atoms with van der Waals surface area (Å²) < 4.78 is 15.8. The molecule has 0 radical (unpaired) electrons. The SMILES string of the molecule is NC(CCC(C(S)S)N1CCOCC1)[S+]=O. The van der Waals surface area contributed by atoms with Gasteiger partial charge >= 0.3 is 11.7 Å². The third-order valence-electron chi connectivity index (χ3n) is 2.73. The summed E-state index contributed by atoms with van der Waals surface area (Å²) >= 11 is 9.24. The molecule has 4 nitrogen and oxygen atoms in total. The van der Waals surface area contributed by atoms with Crippen molar-refractivity contribution in [1.82, 2.24) is 4.90 Å². The van der Waals surface area contributed by atoms with Crippen LogP contribution in [0.3, 0.4) is 0 Å². The van der Waals surface area contributed by atoms with E-state index in [0.29, 0.717) is 18.1 Å². The van der Waals surface area contributed by atoms with E-state index in [0.717, 1.165) is 32.7 Å². The smallest absolute Gasteiger partial charge is 0.379 e. The molecule has 1 rings (SSSR count). The quantitative estimate of drug-likeness (QED) is 0.374. The van der Waals surface area contributed by atoms with E-state index in [1.807, 2.05) is 0 Å². The summed E-state index contributed by atoms with van der Waals surface area (Å²) in [6.07, 6.45) is 1.56. The molecule has 0 amide bonds. The van der Waals surface area contributed by atoms with Gasteiger partial charge in [-0.3, -0.25) is 10.6 Å². The van der Waals surface area contributed by atoms with Gasteiger partial charge in [-0.05, 0) is 6.42 Å². The number of ether oxygens (including phenoxy) is 1. The molecule has 7 heteroatoms. The van der Waals surface area contributed by atoms with Crippen molar-refractivity contribution < 1.29 is 8.95 Å². The van der Waals surface area contributed by atoms with E-state index >= 15 is 0 Å². The molecule has 0 bridgehead atoms. The van der Waals surface area contributed by atoms with E-state index in [1.54, 1.807) is 0 Å². The maximum absolute atomic E-state index is 10.5. The molecule has 0 spiro atoms. The summed E-state index contributed by atoms with van der Waals surface area (Å²) in [5, 5.41) is -0.330. The van der Waals surface area contributed by atoms with Crippen LogP contribution in [0.5, 0.6) is 0 Å². The number of nitrogens with zero attached hydrogens (tertiary/aromatic N) is 1. The Balaban J connectivity index is 2.42. The number of nitrogens with two attached hydrogens (primary N) is 1. The Morgan fingerprint density at radius 1 is 1.31 bits per heavy atom. The molecule has 0 saturated carbocycles. The monoisotopic (exact) mass is 283 g/mol. The highest BCUT2D eigenvalue weighted by atomic mass is 32.2. The average Bonchev–Trinajstić information content (AvgIpc) is 2.30. The van der Waals surface area contributed by atoms with Gasteiger partial charge in [-0.2, -0.15) is 25.3 Å². The third kappa shape index (κ3) is 4.85. The second-order valence-electron chi connectivity index (χ2n) is 3.84. The Morgan fingerprint density at radius 2 is 1.94 bits per heavy atom. The molecule has 2 atom stereocenters. The molecule has 0 aromatic heterocycles. The van der Waals surface area contributed by atoms with Crippen molar-refractivity contribution >= 4 is 36.9 Å². The van der Waals surface area contributed by atoms with Crippen LogP contribution in [0, 0.1) is 0 Å². The minimum atomic E-state index is -0.330. The van der Waals surface area contributed by atoms with E-state index in [1.165, 1.54) is 0 Å². The van der Waals surface area contributed by atoms with Gasteiger partial charge in [-0.25, -0.2) is 0 Å². The lowest BCUT2D eigenvalue weighted by Crippen LogP contribution is -2.47. The van der Waals surface area contributed by atoms with Gasteiger partial charge < -0.3 is 4.74 Å². The van der Waals surface area contributed by atoms with Gasteiger partial charge in [-0.15, -0.1) is 0 Å². The Bertz CT molecular complexity index is 213. The number of thiol groups is 2. The summed E-state index contributed by atoms with van der Waals surface area (Å²) in [6.45, 7) is 3.32. The number of morpholine rings is 1.